The third kappa shape index (κ3) is 3.12. The van der Waals surface area contributed by atoms with Crippen LogP contribution in [0.4, 0.5) is 10.7 Å². The summed E-state index contributed by atoms with van der Waals surface area (Å²) in [6.07, 6.45) is 4.70. The molecule has 2 rings (SSSR count). The van der Waals surface area contributed by atoms with E-state index in [4.69, 9.17) is 11.5 Å². The Kier molecular flexibility index (Phi) is 4.41. The highest BCUT2D eigenvalue weighted by atomic mass is 32.1. The number of hydrogen-bond donors (Lipinski definition) is 4. The quantitative estimate of drug-likeness (QED) is 0.615. The van der Waals surface area contributed by atoms with Crippen LogP contribution < -0.4 is 22.1 Å². The van der Waals surface area contributed by atoms with Gasteiger partial charge in [-0.1, -0.05) is 13.3 Å². The van der Waals surface area contributed by atoms with Crippen molar-refractivity contribution in [3.63, 3.8) is 0 Å². The number of amides is 2. The largest absolute Gasteiger partial charge is 0.397 e. The molecule has 21 heavy (non-hydrogen) atoms. The summed E-state index contributed by atoms with van der Waals surface area (Å²) in [5.74, 6) is -0.913. The van der Waals surface area contributed by atoms with Crippen LogP contribution >= 0.6 is 11.3 Å². The van der Waals surface area contributed by atoms with Crippen molar-refractivity contribution in [1.82, 2.24) is 5.32 Å². The Morgan fingerprint density at radius 1 is 1.38 bits per heavy atom. The second-order valence-corrected chi connectivity index (χ2v) is 6.62. The summed E-state index contributed by atoms with van der Waals surface area (Å²) in [6.45, 7) is 2.95. The van der Waals surface area contributed by atoms with Gasteiger partial charge in [-0.3, -0.25) is 9.59 Å². The lowest BCUT2D eigenvalue weighted by molar-refractivity contribution is 0.0967. The van der Waals surface area contributed by atoms with E-state index in [1.165, 1.54) is 31.2 Å². The number of primary amides is 1. The molecule has 2 amide bonds. The van der Waals surface area contributed by atoms with E-state index in [1.54, 1.807) is 0 Å². The Morgan fingerprint density at radius 2 is 2.05 bits per heavy atom. The SMILES string of the molecule is CCCC1(CNc2sc(C(=O)NC)c(N)c2C(N)=O)CC1. The number of nitrogens with one attached hydrogen (secondary N) is 2. The van der Waals surface area contributed by atoms with Crippen LogP contribution in [-0.2, 0) is 0 Å². The molecule has 6 nitrogen and oxygen atoms in total. The summed E-state index contributed by atoms with van der Waals surface area (Å²) < 4.78 is 0. The first-order valence-corrected chi connectivity index (χ1v) is 7.94. The summed E-state index contributed by atoms with van der Waals surface area (Å²) in [7, 11) is 1.53. The molecule has 1 aliphatic carbocycles. The van der Waals surface area contributed by atoms with Gasteiger partial charge < -0.3 is 22.1 Å². The Bertz CT molecular complexity index is 564. The molecule has 1 saturated carbocycles. The molecule has 1 heterocycles. The minimum atomic E-state index is -0.609. The first-order chi connectivity index (χ1) is 9.94. The van der Waals surface area contributed by atoms with E-state index in [1.807, 2.05) is 0 Å². The zero-order valence-corrected chi connectivity index (χ0v) is 13.2. The van der Waals surface area contributed by atoms with Crippen LogP contribution in [0.3, 0.4) is 0 Å². The van der Waals surface area contributed by atoms with Crippen molar-refractivity contribution in [2.75, 3.05) is 24.6 Å². The predicted molar refractivity (Wildman–Crippen MR) is 85.7 cm³/mol. The van der Waals surface area contributed by atoms with E-state index < -0.39 is 5.91 Å². The molecule has 0 unspecified atom stereocenters. The normalized spacial score (nSPS) is 15.5. The molecule has 0 radical (unpaired) electrons. The highest BCUT2D eigenvalue weighted by Crippen LogP contribution is 2.50. The van der Waals surface area contributed by atoms with Crippen LogP contribution in [0.5, 0.6) is 0 Å². The third-order valence-corrected chi connectivity index (χ3v) is 5.15. The van der Waals surface area contributed by atoms with Crippen LogP contribution in [0.1, 0.15) is 52.6 Å². The summed E-state index contributed by atoms with van der Waals surface area (Å²) in [6, 6.07) is 0. The molecule has 7 heteroatoms. The molecule has 0 aromatic carbocycles. The predicted octanol–water partition coefficient (Wildman–Crippen LogP) is 1.78. The fourth-order valence-electron chi connectivity index (χ4n) is 2.59. The molecule has 1 fully saturated rings. The first kappa shape index (κ1) is 15.6. The lowest BCUT2D eigenvalue weighted by Crippen LogP contribution is -2.20. The van der Waals surface area contributed by atoms with Crippen molar-refractivity contribution in [2.24, 2.45) is 11.1 Å². The molecule has 1 aliphatic rings. The van der Waals surface area contributed by atoms with Gasteiger partial charge in [0.15, 0.2) is 0 Å². The Labute approximate surface area is 128 Å². The van der Waals surface area contributed by atoms with Gasteiger partial charge >= 0.3 is 0 Å². The molecule has 0 spiro atoms. The van der Waals surface area contributed by atoms with Gasteiger partial charge in [0.2, 0.25) is 0 Å². The fourth-order valence-corrected chi connectivity index (χ4v) is 3.65. The summed E-state index contributed by atoms with van der Waals surface area (Å²) in [5.41, 5.74) is 12.0. The molecule has 6 N–H and O–H groups in total. The molecule has 0 aliphatic heterocycles. The molecular formula is C14H22N4O2S. The minimum absolute atomic E-state index is 0.162. The average molecular weight is 310 g/mol. The zero-order chi connectivity index (χ0) is 15.6. The van der Waals surface area contributed by atoms with E-state index in [0.29, 0.717) is 15.3 Å². The van der Waals surface area contributed by atoms with Crippen LogP contribution in [0.2, 0.25) is 0 Å². The van der Waals surface area contributed by atoms with E-state index in [9.17, 15) is 9.59 Å². The average Bonchev–Trinajstić information content (AvgIpc) is 3.12. The van der Waals surface area contributed by atoms with E-state index in [-0.39, 0.29) is 17.2 Å². The second kappa shape index (κ2) is 5.93. The van der Waals surface area contributed by atoms with Gasteiger partial charge in [0, 0.05) is 13.6 Å². The van der Waals surface area contributed by atoms with Crippen molar-refractivity contribution in [3.05, 3.63) is 10.4 Å². The Hall–Kier alpha value is -1.76. The van der Waals surface area contributed by atoms with Crippen LogP contribution in [0.25, 0.3) is 0 Å². The number of hydrogen-bond acceptors (Lipinski definition) is 5. The number of carbonyl (C=O) groups excluding carboxylic acids is 2. The Morgan fingerprint density at radius 3 is 2.52 bits per heavy atom. The maximum Gasteiger partial charge on any atom is 0.263 e. The molecule has 116 valence electrons. The summed E-state index contributed by atoms with van der Waals surface area (Å²) in [4.78, 5) is 23.7. The maximum absolute atomic E-state index is 11.8. The van der Waals surface area contributed by atoms with Gasteiger partial charge in [0.1, 0.15) is 9.88 Å². The van der Waals surface area contributed by atoms with Gasteiger partial charge in [0.25, 0.3) is 11.8 Å². The topological polar surface area (TPSA) is 110 Å². The number of anilines is 2. The smallest absolute Gasteiger partial charge is 0.263 e. The van der Waals surface area contributed by atoms with Gasteiger partial charge in [-0.25, -0.2) is 0 Å². The molecule has 1 aromatic rings. The zero-order valence-electron chi connectivity index (χ0n) is 12.4. The van der Waals surface area contributed by atoms with Crippen molar-refractivity contribution in [3.8, 4) is 0 Å². The van der Waals surface area contributed by atoms with Crippen LogP contribution in [-0.4, -0.2) is 25.4 Å². The molecular weight excluding hydrogens is 288 g/mol. The highest BCUT2D eigenvalue weighted by molar-refractivity contribution is 7.19. The summed E-state index contributed by atoms with van der Waals surface area (Å²) in [5, 5.41) is 6.40. The molecule has 0 atom stereocenters. The van der Waals surface area contributed by atoms with Gasteiger partial charge in [0.05, 0.1) is 11.3 Å². The maximum atomic E-state index is 11.8. The van der Waals surface area contributed by atoms with Crippen molar-refractivity contribution < 1.29 is 9.59 Å². The third-order valence-electron chi connectivity index (χ3n) is 3.99. The van der Waals surface area contributed by atoms with Gasteiger partial charge in [-0.15, -0.1) is 11.3 Å². The van der Waals surface area contributed by atoms with Crippen molar-refractivity contribution >= 4 is 33.8 Å². The first-order valence-electron chi connectivity index (χ1n) is 7.12. The summed E-state index contributed by atoms with van der Waals surface area (Å²) >= 11 is 1.18. The Balaban J connectivity index is 2.22. The monoisotopic (exact) mass is 310 g/mol. The van der Waals surface area contributed by atoms with Gasteiger partial charge in [-0.05, 0) is 24.7 Å². The minimum Gasteiger partial charge on any atom is -0.397 e. The lowest BCUT2D eigenvalue weighted by Gasteiger charge is -2.15. The molecule has 0 bridgehead atoms. The number of rotatable bonds is 7. The van der Waals surface area contributed by atoms with Crippen LogP contribution in [0.15, 0.2) is 0 Å². The standard InChI is InChI=1S/C14H22N4O2S/c1-3-4-14(5-6-14)7-18-13-8(11(16)19)9(15)10(21-13)12(20)17-2/h18H,3-7,15H2,1-2H3,(H2,16,19)(H,17,20). The van der Waals surface area contributed by atoms with E-state index >= 15 is 0 Å². The number of carbonyl (C=O) groups is 2. The van der Waals surface area contributed by atoms with Crippen molar-refractivity contribution in [1.29, 1.82) is 0 Å². The number of thiophene rings is 1. The van der Waals surface area contributed by atoms with Crippen LogP contribution in [0, 0.1) is 5.41 Å². The van der Waals surface area contributed by atoms with Gasteiger partial charge in [-0.2, -0.15) is 0 Å². The fraction of sp³-hybridized carbons (Fsp3) is 0.571. The van der Waals surface area contributed by atoms with E-state index in [0.717, 1.165) is 19.4 Å². The second-order valence-electron chi connectivity index (χ2n) is 5.60. The van der Waals surface area contributed by atoms with E-state index in [2.05, 4.69) is 17.6 Å². The number of nitrogen functional groups attached to an aromatic ring is 1. The molecule has 0 saturated heterocycles. The highest BCUT2D eigenvalue weighted by Gasteiger charge is 2.41. The van der Waals surface area contributed by atoms with Crippen molar-refractivity contribution in [2.45, 2.75) is 32.6 Å². The lowest BCUT2D eigenvalue weighted by atomic mass is 10.0. The number of nitrogens with two attached hydrogens (primary N) is 2. The molecule has 1 aromatic heterocycles.